The summed E-state index contributed by atoms with van der Waals surface area (Å²) >= 11 is 0. The molecule has 72 valence electrons. The van der Waals surface area contributed by atoms with Gasteiger partial charge in [0.05, 0.1) is 0 Å². The molecule has 0 aliphatic carbocycles. The Hall–Kier alpha value is -1.17. The van der Waals surface area contributed by atoms with Crippen LogP contribution in [-0.2, 0) is 0 Å². The average Bonchev–Trinajstić information content (AvgIpc) is 2.02. The van der Waals surface area contributed by atoms with Crippen molar-refractivity contribution in [2.45, 2.75) is 12.3 Å². The molecule has 1 unspecified atom stereocenters. The minimum atomic E-state index is -4.87. The molecule has 1 atom stereocenters. The molecular weight excluding hydrogens is 190 g/mol. The smallest absolute Gasteiger partial charge is 0.379 e. The summed E-state index contributed by atoms with van der Waals surface area (Å²) in [6.07, 6.45) is -6.69. The van der Waals surface area contributed by atoms with Crippen molar-refractivity contribution in [3.63, 3.8) is 0 Å². The van der Waals surface area contributed by atoms with Crippen LogP contribution in [0.3, 0.4) is 0 Å². The van der Waals surface area contributed by atoms with Gasteiger partial charge in [0.2, 0.25) is 5.95 Å². The lowest BCUT2D eigenvalue weighted by molar-refractivity contribution is -0.207. The summed E-state index contributed by atoms with van der Waals surface area (Å²) in [7, 11) is 0. The Kier molecular flexibility index (Phi) is 2.51. The second-order valence-electron chi connectivity index (χ2n) is 2.33. The van der Waals surface area contributed by atoms with Crippen molar-refractivity contribution in [2.24, 2.45) is 0 Å². The van der Waals surface area contributed by atoms with Crippen molar-refractivity contribution < 1.29 is 22.7 Å². The van der Waals surface area contributed by atoms with Crippen molar-refractivity contribution in [3.05, 3.63) is 29.8 Å². The summed E-state index contributed by atoms with van der Waals surface area (Å²) in [4.78, 5) is 2.99. The molecule has 0 amide bonds. The van der Waals surface area contributed by atoms with Gasteiger partial charge in [0.15, 0.2) is 6.10 Å². The zero-order valence-electron chi connectivity index (χ0n) is 6.22. The molecule has 2 nitrogen and oxygen atoms in total. The predicted molar refractivity (Wildman–Crippen MR) is 35.2 cm³/mol. The minimum absolute atomic E-state index is 0.834. The zero-order chi connectivity index (χ0) is 10.1. The molecule has 0 bridgehead atoms. The Morgan fingerprint density at radius 2 is 2.00 bits per heavy atom. The van der Waals surface area contributed by atoms with Crippen LogP contribution in [0.4, 0.5) is 17.6 Å². The van der Waals surface area contributed by atoms with E-state index in [9.17, 15) is 17.6 Å². The van der Waals surface area contributed by atoms with Crippen molar-refractivity contribution in [1.29, 1.82) is 0 Å². The molecular formula is C7H5F4NO. The van der Waals surface area contributed by atoms with E-state index in [4.69, 9.17) is 5.11 Å². The van der Waals surface area contributed by atoms with Crippen LogP contribution in [0, 0.1) is 5.95 Å². The predicted octanol–water partition coefficient (Wildman–Crippen LogP) is 1.82. The highest BCUT2D eigenvalue weighted by Gasteiger charge is 2.40. The number of rotatable bonds is 1. The van der Waals surface area contributed by atoms with Crippen LogP contribution in [0.2, 0.25) is 0 Å². The van der Waals surface area contributed by atoms with Gasteiger partial charge in [-0.3, -0.25) is 0 Å². The van der Waals surface area contributed by atoms with E-state index >= 15 is 0 Å². The fourth-order valence-corrected chi connectivity index (χ4v) is 0.779. The highest BCUT2D eigenvalue weighted by atomic mass is 19.4. The van der Waals surface area contributed by atoms with E-state index in [0.717, 1.165) is 18.3 Å². The van der Waals surface area contributed by atoms with Crippen LogP contribution in [-0.4, -0.2) is 16.3 Å². The SMILES string of the molecule is OC(c1cccnc1F)C(F)(F)F. The second-order valence-corrected chi connectivity index (χ2v) is 2.33. The molecule has 0 aliphatic rings. The lowest BCUT2D eigenvalue weighted by atomic mass is 10.1. The molecule has 0 fully saturated rings. The Morgan fingerprint density at radius 1 is 1.38 bits per heavy atom. The van der Waals surface area contributed by atoms with E-state index in [1.807, 2.05) is 0 Å². The first-order valence-corrected chi connectivity index (χ1v) is 3.28. The van der Waals surface area contributed by atoms with Gasteiger partial charge in [-0.25, -0.2) is 4.98 Å². The molecule has 6 heteroatoms. The topological polar surface area (TPSA) is 33.1 Å². The quantitative estimate of drug-likeness (QED) is 0.547. The van der Waals surface area contributed by atoms with Gasteiger partial charge in [-0.05, 0) is 12.1 Å². The van der Waals surface area contributed by atoms with Gasteiger partial charge in [0.1, 0.15) is 0 Å². The molecule has 0 aliphatic heterocycles. The third-order valence-corrected chi connectivity index (χ3v) is 1.39. The molecule has 1 aromatic heterocycles. The van der Waals surface area contributed by atoms with Crippen LogP contribution in [0.5, 0.6) is 0 Å². The lowest BCUT2D eigenvalue weighted by Crippen LogP contribution is -2.21. The highest BCUT2D eigenvalue weighted by Crippen LogP contribution is 2.32. The van der Waals surface area contributed by atoms with Gasteiger partial charge in [0, 0.05) is 11.8 Å². The summed E-state index contributed by atoms with van der Waals surface area (Å²) in [5.41, 5.74) is -0.866. The molecule has 1 heterocycles. The standard InChI is InChI=1S/C7H5F4NO/c8-6-4(2-1-3-12-6)5(13)7(9,10)11/h1-3,5,13H. The van der Waals surface area contributed by atoms with E-state index in [1.54, 1.807) is 0 Å². The molecule has 1 aromatic rings. The van der Waals surface area contributed by atoms with E-state index in [1.165, 1.54) is 0 Å². The maximum atomic E-state index is 12.6. The number of aromatic nitrogens is 1. The maximum absolute atomic E-state index is 12.6. The van der Waals surface area contributed by atoms with Crippen LogP contribution in [0.15, 0.2) is 18.3 Å². The third kappa shape index (κ3) is 2.15. The molecule has 13 heavy (non-hydrogen) atoms. The number of aliphatic hydroxyl groups is 1. The first-order valence-electron chi connectivity index (χ1n) is 3.28. The Balaban J connectivity index is 3.02. The van der Waals surface area contributed by atoms with Gasteiger partial charge < -0.3 is 5.11 Å². The molecule has 1 N–H and O–H groups in total. The Morgan fingerprint density at radius 3 is 2.46 bits per heavy atom. The van der Waals surface area contributed by atoms with E-state index in [-0.39, 0.29) is 0 Å². The van der Waals surface area contributed by atoms with Crippen LogP contribution >= 0.6 is 0 Å². The number of hydrogen-bond acceptors (Lipinski definition) is 2. The van der Waals surface area contributed by atoms with Crippen LogP contribution < -0.4 is 0 Å². The number of alkyl halides is 3. The largest absolute Gasteiger partial charge is 0.418 e. The highest BCUT2D eigenvalue weighted by molar-refractivity contribution is 5.15. The average molecular weight is 195 g/mol. The van der Waals surface area contributed by atoms with Crippen LogP contribution in [0.1, 0.15) is 11.7 Å². The van der Waals surface area contributed by atoms with Crippen LogP contribution in [0.25, 0.3) is 0 Å². The van der Waals surface area contributed by atoms with Gasteiger partial charge >= 0.3 is 6.18 Å². The Bertz CT molecular complexity index is 299. The fourth-order valence-electron chi connectivity index (χ4n) is 0.779. The Labute approximate surface area is 70.8 Å². The first kappa shape index (κ1) is 9.91. The molecule has 0 radical (unpaired) electrons. The number of nitrogens with zero attached hydrogens (tertiary/aromatic N) is 1. The molecule has 0 aromatic carbocycles. The molecule has 0 spiro atoms. The monoisotopic (exact) mass is 195 g/mol. The van der Waals surface area contributed by atoms with Gasteiger partial charge in [0.25, 0.3) is 0 Å². The second kappa shape index (κ2) is 3.29. The van der Waals surface area contributed by atoms with E-state index in [2.05, 4.69) is 4.98 Å². The third-order valence-electron chi connectivity index (χ3n) is 1.39. The van der Waals surface area contributed by atoms with Gasteiger partial charge in [-0.15, -0.1) is 0 Å². The number of pyridine rings is 1. The molecule has 0 saturated heterocycles. The first-order chi connectivity index (χ1) is 5.93. The maximum Gasteiger partial charge on any atom is 0.418 e. The van der Waals surface area contributed by atoms with E-state index in [0.29, 0.717) is 0 Å². The summed E-state index contributed by atoms with van der Waals surface area (Å²) in [5.74, 6) is -1.31. The van der Waals surface area contributed by atoms with Crippen molar-refractivity contribution in [1.82, 2.24) is 4.98 Å². The normalized spacial score (nSPS) is 14.2. The summed E-state index contributed by atoms with van der Waals surface area (Å²) in [6, 6.07) is 1.95. The van der Waals surface area contributed by atoms with E-state index < -0.39 is 23.8 Å². The minimum Gasteiger partial charge on any atom is -0.379 e. The number of aliphatic hydroxyl groups excluding tert-OH is 1. The van der Waals surface area contributed by atoms with Crippen molar-refractivity contribution in [3.8, 4) is 0 Å². The summed E-state index contributed by atoms with van der Waals surface area (Å²) in [5, 5.41) is 8.63. The number of hydrogen-bond donors (Lipinski definition) is 1. The molecule has 0 saturated carbocycles. The van der Waals surface area contributed by atoms with Gasteiger partial charge in [-0.1, -0.05) is 0 Å². The van der Waals surface area contributed by atoms with Gasteiger partial charge in [-0.2, -0.15) is 17.6 Å². The summed E-state index contributed by atoms with van der Waals surface area (Å²) < 4.78 is 48.2. The fraction of sp³-hybridized carbons (Fsp3) is 0.286. The van der Waals surface area contributed by atoms with Crippen molar-refractivity contribution >= 4 is 0 Å². The van der Waals surface area contributed by atoms with Crippen molar-refractivity contribution in [2.75, 3.05) is 0 Å². The summed E-state index contributed by atoms with van der Waals surface area (Å²) in [6.45, 7) is 0. The lowest BCUT2D eigenvalue weighted by Gasteiger charge is -2.14. The molecule has 1 rings (SSSR count). The number of halogens is 4. The zero-order valence-corrected chi connectivity index (χ0v) is 6.22.